The van der Waals surface area contributed by atoms with Gasteiger partial charge < -0.3 is 47.4 Å². The van der Waals surface area contributed by atoms with Gasteiger partial charge in [-0.2, -0.15) is 0 Å². The summed E-state index contributed by atoms with van der Waals surface area (Å²) < 4.78 is 0. The Hall–Kier alpha value is -4.86. The molecule has 1 unspecified atom stereocenters. The zero-order chi connectivity index (χ0) is 33.2. The van der Waals surface area contributed by atoms with Gasteiger partial charge >= 0.3 is 0 Å². The first-order valence-corrected chi connectivity index (χ1v) is 14.2. The number of anilines is 1. The zero-order valence-electron chi connectivity index (χ0n) is 24.5. The van der Waals surface area contributed by atoms with E-state index in [1.54, 1.807) is 13.8 Å². The quantitative estimate of drug-likeness (QED) is 0.154. The number of primary amides is 1. The Morgan fingerprint density at radius 2 is 1.80 bits per heavy atom. The van der Waals surface area contributed by atoms with Gasteiger partial charge in [0, 0.05) is 29.0 Å². The normalized spacial score (nSPS) is 25.4. The molecule has 45 heavy (non-hydrogen) atoms. The maximum absolute atomic E-state index is 13.6. The van der Waals surface area contributed by atoms with Gasteiger partial charge in [-0.25, -0.2) is 0 Å². The predicted molar refractivity (Wildman–Crippen MR) is 157 cm³/mol. The number of para-hydroxylation sites is 1. The number of Topliss-reactive ketones (excluding diaryl/α,β-unsaturated/α-hetero) is 1. The van der Waals surface area contributed by atoms with Crippen LogP contribution in [0, 0.1) is 5.92 Å². The number of rotatable bonds is 7. The van der Waals surface area contributed by atoms with Gasteiger partial charge in [-0.15, -0.1) is 0 Å². The molecule has 0 saturated heterocycles. The van der Waals surface area contributed by atoms with Crippen molar-refractivity contribution in [3.05, 3.63) is 47.5 Å². The van der Waals surface area contributed by atoms with E-state index in [1.165, 1.54) is 36.4 Å². The van der Waals surface area contributed by atoms with Crippen LogP contribution in [0.4, 0.5) is 5.69 Å². The Kier molecular flexibility index (Phi) is 9.56. The number of benzene rings is 2. The molecular formula is C30H35N5O10. The third kappa shape index (κ3) is 6.36. The van der Waals surface area contributed by atoms with Crippen molar-refractivity contribution in [3.63, 3.8) is 0 Å². The molecule has 5 amide bonds. The van der Waals surface area contributed by atoms with E-state index in [-0.39, 0.29) is 34.5 Å². The molecule has 6 bridgehead atoms. The highest BCUT2D eigenvalue weighted by Gasteiger charge is 2.54. The maximum Gasteiger partial charge on any atom is 0.288 e. The van der Waals surface area contributed by atoms with Gasteiger partial charge in [0.25, 0.3) is 11.8 Å². The monoisotopic (exact) mass is 625 g/mol. The number of phenols is 1. The summed E-state index contributed by atoms with van der Waals surface area (Å²) in [7, 11) is 0. The summed E-state index contributed by atoms with van der Waals surface area (Å²) >= 11 is 0. The highest BCUT2D eigenvalue weighted by atomic mass is 16.4. The van der Waals surface area contributed by atoms with E-state index in [2.05, 4.69) is 21.3 Å². The van der Waals surface area contributed by atoms with Gasteiger partial charge in [0.2, 0.25) is 23.5 Å². The number of nitrogens with two attached hydrogens (primary N) is 1. The average Bonchev–Trinajstić information content (AvgIpc) is 3.28. The van der Waals surface area contributed by atoms with Crippen LogP contribution < -0.4 is 27.0 Å². The standard InChI is InChI=1S/C30H35N5O10/c1-3-13(2)24(39)28(43)33-18-10-14-7-8-21(37)16(9-14)15-5-4-6-17-23(15)35-29(44)30(17,45)25(40)20(12-36)34-27(42)19(11-22(31)38)32-26(18)41/h4-9,13,18-20,25,36-37,40,45H,3,10-12H2,1-2H3,(H2,31,38)(H,32,41)(H,33,43)(H,34,42)(H,35,44)/t13?,18-,19-,20+,25+,30-/m0/s1. The van der Waals surface area contributed by atoms with E-state index < -0.39 is 84.1 Å². The lowest BCUT2D eigenvalue weighted by molar-refractivity contribution is -0.153. The highest BCUT2D eigenvalue weighted by molar-refractivity contribution is 6.37. The second kappa shape index (κ2) is 13.0. The Balaban J connectivity index is 1.89. The molecule has 2 aliphatic rings. The van der Waals surface area contributed by atoms with E-state index in [4.69, 9.17) is 5.73 Å². The number of aromatic hydroxyl groups is 1. The third-order valence-electron chi connectivity index (χ3n) is 8.13. The summed E-state index contributed by atoms with van der Waals surface area (Å²) in [6, 6.07) is 3.66. The van der Waals surface area contributed by atoms with Crippen LogP contribution >= 0.6 is 0 Å². The summed E-state index contributed by atoms with van der Waals surface area (Å²) in [6.07, 6.45) is -2.80. The molecule has 0 fully saturated rings. The molecule has 0 aromatic heterocycles. The first-order chi connectivity index (χ1) is 21.2. The van der Waals surface area contributed by atoms with Gasteiger partial charge in [0.15, 0.2) is 5.60 Å². The van der Waals surface area contributed by atoms with Crippen molar-refractivity contribution < 1.29 is 49.2 Å². The Morgan fingerprint density at radius 3 is 2.44 bits per heavy atom. The number of ketones is 1. The predicted octanol–water partition coefficient (Wildman–Crippen LogP) is -1.95. The summed E-state index contributed by atoms with van der Waals surface area (Å²) in [5.41, 5.74) is 3.27. The van der Waals surface area contributed by atoms with Gasteiger partial charge in [0.1, 0.15) is 23.9 Å². The smallest absolute Gasteiger partial charge is 0.288 e. The van der Waals surface area contributed by atoms with E-state index in [0.717, 1.165) is 0 Å². The van der Waals surface area contributed by atoms with E-state index in [0.29, 0.717) is 12.0 Å². The van der Waals surface area contributed by atoms with Crippen LogP contribution in [0.15, 0.2) is 36.4 Å². The molecule has 240 valence electrons. The lowest BCUT2D eigenvalue weighted by Gasteiger charge is -2.33. The minimum atomic E-state index is -2.68. The molecule has 2 aliphatic heterocycles. The Labute approximate surface area is 257 Å². The zero-order valence-corrected chi connectivity index (χ0v) is 24.5. The molecule has 2 aromatic carbocycles. The molecular weight excluding hydrogens is 590 g/mol. The van der Waals surface area contributed by atoms with Crippen LogP contribution in [0.3, 0.4) is 0 Å². The molecule has 0 aliphatic carbocycles. The number of nitrogens with one attached hydrogen (secondary N) is 4. The fourth-order valence-electron chi connectivity index (χ4n) is 5.34. The Bertz CT molecular complexity index is 1560. The summed E-state index contributed by atoms with van der Waals surface area (Å²) in [6.45, 7) is 2.26. The molecule has 0 saturated carbocycles. The number of fused-ring (bicyclic) bond motifs is 3. The number of phenolic OH excluding ortho intramolecular Hbond substituents is 1. The van der Waals surface area contributed by atoms with Crippen LogP contribution in [0.1, 0.15) is 37.8 Å². The van der Waals surface area contributed by atoms with Gasteiger partial charge in [-0.05, 0) is 24.1 Å². The number of carbonyl (C=O) groups excluding carboxylic acids is 6. The minimum absolute atomic E-state index is 0.0277. The summed E-state index contributed by atoms with van der Waals surface area (Å²) in [5, 5.41) is 53.1. The van der Waals surface area contributed by atoms with Gasteiger partial charge in [-0.1, -0.05) is 38.1 Å². The Morgan fingerprint density at radius 1 is 1.09 bits per heavy atom. The highest BCUT2D eigenvalue weighted by Crippen LogP contribution is 2.46. The number of aliphatic hydroxyl groups excluding tert-OH is 2. The third-order valence-corrected chi connectivity index (χ3v) is 8.13. The van der Waals surface area contributed by atoms with Crippen LogP contribution in [0.5, 0.6) is 5.75 Å². The van der Waals surface area contributed by atoms with Crippen LogP contribution in [0.2, 0.25) is 0 Å². The van der Waals surface area contributed by atoms with Crippen molar-refractivity contribution in [3.8, 4) is 16.9 Å². The molecule has 2 aromatic rings. The molecule has 15 heteroatoms. The summed E-state index contributed by atoms with van der Waals surface area (Å²) in [5.74, 6) is -6.93. The number of carbonyl (C=O) groups is 6. The average molecular weight is 626 g/mol. The van der Waals surface area contributed by atoms with E-state index in [9.17, 15) is 49.2 Å². The van der Waals surface area contributed by atoms with Crippen molar-refractivity contribution in [2.45, 2.75) is 62.9 Å². The molecule has 15 nitrogen and oxygen atoms in total. The molecule has 4 rings (SSSR count). The van der Waals surface area contributed by atoms with Crippen LogP contribution in [-0.2, 0) is 40.8 Å². The summed E-state index contributed by atoms with van der Waals surface area (Å²) in [4.78, 5) is 77.4. The fraction of sp³-hybridized carbons (Fsp3) is 0.400. The number of amides is 5. The second-order valence-corrected chi connectivity index (χ2v) is 11.2. The van der Waals surface area contributed by atoms with E-state index in [1.807, 2.05) is 0 Å². The van der Waals surface area contributed by atoms with Crippen molar-refractivity contribution in [2.75, 3.05) is 11.9 Å². The van der Waals surface area contributed by atoms with Crippen LogP contribution in [-0.4, -0.2) is 86.6 Å². The number of hydrogen-bond acceptors (Lipinski definition) is 10. The van der Waals surface area contributed by atoms with Gasteiger partial charge in [-0.3, -0.25) is 28.8 Å². The van der Waals surface area contributed by atoms with Crippen molar-refractivity contribution in [1.29, 1.82) is 0 Å². The van der Waals surface area contributed by atoms with Crippen molar-refractivity contribution in [2.24, 2.45) is 11.7 Å². The molecule has 6 atom stereocenters. The maximum atomic E-state index is 13.6. The topological polar surface area (TPSA) is 257 Å². The van der Waals surface area contributed by atoms with Crippen molar-refractivity contribution >= 4 is 41.0 Å². The first-order valence-electron chi connectivity index (χ1n) is 14.2. The SMILES string of the molecule is CCC(C)C(=O)C(=O)N[C@H]1Cc2ccc(O)c(c2)-c2cccc3c2NC(=O)[C@@]3(O)[C@H](O)[C@@H](CO)NC(=O)[C@H](CC(N)=O)NC1=O. The number of aliphatic hydroxyl groups is 3. The molecule has 0 spiro atoms. The fourth-order valence-corrected chi connectivity index (χ4v) is 5.34. The second-order valence-electron chi connectivity index (χ2n) is 11.2. The number of hydrogen-bond donors (Lipinski definition) is 9. The molecule has 0 radical (unpaired) electrons. The van der Waals surface area contributed by atoms with Gasteiger partial charge in [0.05, 0.1) is 24.8 Å². The van der Waals surface area contributed by atoms with Crippen LogP contribution in [0.25, 0.3) is 11.1 Å². The first kappa shape index (κ1) is 33.0. The minimum Gasteiger partial charge on any atom is -0.507 e. The van der Waals surface area contributed by atoms with E-state index >= 15 is 0 Å². The lowest BCUT2D eigenvalue weighted by atomic mass is 9.84. The van der Waals surface area contributed by atoms with Crippen molar-refractivity contribution in [1.82, 2.24) is 16.0 Å². The largest absolute Gasteiger partial charge is 0.507 e. The lowest BCUT2D eigenvalue weighted by Crippen LogP contribution is -2.61. The molecule has 10 N–H and O–H groups in total. The molecule has 2 heterocycles.